The minimum atomic E-state index is -2.86. The van der Waals surface area contributed by atoms with Gasteiger partial charge in [0.05, 0.1) is 11.9 Å². The quantitative estimate of drug-likeness (QED) is 0.204. The lowest BCUT2D eigenvalue weighted by Gasteiger charge is -2.10. The molecule has 2 amide bonds. The Labute approximate surface area is 237 Å². The van der Waals surface area contributed by atoms with E-state index in [2.05, 4.69) is 15.4 Å². The van der Waals surface area contributed by atoms with Gasteiger partial charge in [0, 0.05) is 23.2 Å². The van der Waals surface area contributed by atoms with Crippen LogP contribution in [0.25, 0.3) is 21.3 Å². The van der Waals surface area contributed by atoms with E-state index in [1.807, 2.05) is 45.9 Å². The van der Waals surface area contributed by atoms with Gasteiger partial charge in [0.25, 0.3) is 18.2 Å². The van der Waals surface area contributed by atoms with Gasteiger partial charge in [0.1, 0.15) is 33.5 Å². The first-order valence-electron chi connectivity index (χ1n) is 12.8. The fourth-order valence-corrected chi connectivity index (χ4v) is 5.49. The van der Waals surface area contributed by atoms with E-state index >= 15 is 0 Å². The van der Waals surface area contributed by atoms with Gasteiger partial charge in [-0.05, 0) is 74.7 Å². The monoisotopic (exact) mass is 579 g/mol. The van der Waals surface area contributed by atoms with Crippen LogP contribution in [0.15, 0.2) is 47.0 Å². The molecule has 0 aliphatic carbocycles. The van der Waals surface area contributed by atoms with Crippen LogP contribution in [0.5, 0.6) is 5.75 Å². The van der Waals surface area contributed by atoms with Gasteiger partial charge in [-0.3, -0.25) is 14.3 Å². The summed E-state index contributed by atoms with van der Waals surface area (Å²) in [6.07, 6.45) is -1.30. The van der Waals surface area contributed by atoms with E-state index in [0.717, 1.165) is 28.2 Å². The number of pyridine rings is 1. The van der Waals surface area contributed by atoms with Gasteiger partial charge in [-0.15, -0.1) is 11.3 Å². The smallest absolute Gasteiger partial charge is 0.291 e. The molecular weight excluding hydrogens is 552 g/mol. The van der Waals surface area contributed by atoms with E-state index in [-0.39, 0.29) is 27.8 Å². The molecule has 0 aliphatic rings. The standard InChI is InChI=1S/C29H27F2N5O4S/c1-5-36-16(4)20(12-33-36)19-11-21(26(30)31)34-29-23(19)24(25(41-29)27(32)37)35-28(38)22-9-8-18(40-22)13-39-17-7-6-14(2)15(3)10-17/h6-12,26H,5,13H2,1-4H3,(H2,32,37)(H,35,38). The number of halogens is 2. The summed E-state index contributed by atoms with van der Waals surface area (Å²) in [5.41, 5.74) is 9.11. The third-order valence-corrected chi connectivity index (χ3v) is 7.90. The molecule has 9 nitrogen and oxygen atoms in total. The average molecular weight is 580 g/mol. The highest BCUT2D eigenvalue weighted by Gasteiger charge is 2.27. The summed E-state index contributed by atoms with van der Waals surface area (Å²) in [5.74, 6) is -0.459. The van der Waals surface area contributed by atoms with Crippen molar-refractivity contribution in [3.63, 3.8) is 0 Å². The molecule has 0 spiro atoms. The Bertz CT molecular complexity index is 1790. The van der Waals surface area contributed by atoms with Crippen molar-refractivity contribution in [2.45, 2.75) is 47.3 Å². The molecule has 41 heavy (non-hydrogen) atoms. The fraction of sp³-hybridized carbons (Fsp3) is 0.241. The Morgan fingerprint density at radius 3 is 2.56 bits per heavy atom. The highest BCUT2D eigenvalue weighted by molar-refractivity contribution is 7.21. The number of nitrogens with one attached hydrogen (secondary N) is 1. The van der Waals surface area contributed by atoms with Crippen LogP contribution >= 0.6 is 11.3 Å². The molecule has 0 bridgehead atoms. The minimum Gasteiger partial charge on any atom is -0.486 e. The molecule has 5 aromatic rings. The number of anilines is 1. The summed E-state index contributed by atoms with van der Waals surface area (Å²) < 4.78 is 40.8. The summed E-state index contributed by atoms with van der Waals surface area (Å²) in [4.78, 5) is 29.9. The largest absolute Gasteiger partial charge is 0.486 e. The molecule has 0 fully saturated rings. The number of aromatic nitrogens is 3. The summed E-state index contributed by atoms with van der Waals surface area (Å²) >= 11 is 0.830. The third kappa shape index (κ3) is 5.42. The van der Waals surface area contributed by atoms with Gasteiger partial charge < -0.3 is 20.2 Å². The van der Waals surface area contributed by atoms with Gasteiger partial charge >= 0.3 is 0 Å². The number of alkyl halides is 2. The molecule has 3 N–H and O–H groups in total. The molecule has 5 rings (SSSR count). The number of ether oxygens (including phenoxy) is 1. The molecule has 4 heterocycles. The molecule has 0 atom stereocenters. The van der Waals surface area contributed by atoms with E-state index in [4.69, 9.17) is 14.9 Å². The van der Waals surface area contributed by atoms with Crippen molar-refractivity contribution >= 4 is 39.1 Å². The number of primary amides is 1. The zero-order valence-corrected chi connectivity index (χ0v) is 23.6. The fourth-order valence-electron chi connectivity index (χ4n) is 4.47. The molecule has 0 saturated carbocycles. The topological polar surface area (TPSA) is 125 Å². The highest BCUT2D eigenvalue weighted by Crippen LogP contribution is 2.43. The second-order valence-electron chi connectivity index (χ2n) is 9.46. The third-order valence-electron chi connectivity index (χ3n) is 6.81. The van der Waals surface area contributed by atoms with E-state index in [1.54, 1.807) is 16.9 Å². The number of thiophene rings is 1. The number of nitrogens with zero attached hydrogens (tertiary/aromatic N) is 3. The maximum Gasteiger partial charge on any atom is 0.291 e. The summed E-state index contributed by atoms with van der Waals surface area (Å²) in [7, 11) is 0. The number of hydrogen-bond donors (Lipinski definition) is 2. The zero-order chi connectivity index (χ0) is 29.4. The molecule has 0 unspecified atom stereocenters. The number of furan rings is 1. The molecule has 212 valence electrons. The number of benzene rings is 1. The molecule has 12 heteroatoms. The maximum atomic E-state index is 13.8. The Kier molecular flexibility index (Phi) is 7.59. The number of amides is 2. The lowest BCUT2D eigenvalue weighted by atomic mass is 10.0. The second kappa shape index (κ2) is 11.1. The molecule has 4 aromatic heterocycles. The van der Waals surface area contributed by atoms with E-state index < -0.39 is 23.9 Å². The van der Waals surface area contributed by atoms with Gasteiger partial charge in [0.2, 0.25) is 0 Å². The summed E-state index contributed by atoms with van der Waals surface area (Å²) in [5, 5.41) is 7.35. The van der Waals surface area contributed by atoms with Crippen LogP contribution in [-0.2, 0) is 13.2 Å². The first-order valence-corrected chi connectivity index (χ1v) is 13.6. The number of fused-ring (bicyclic) bond motifs is 1. The highest BCUT2D eigenvalue weighted by atomic mass is 32.1. The first kappa shape index (κ1) is 28.0. The van der Waals surface area contributed by atoms with Gasteiger partial charge in [0.15, 0.2) is 5.76 Å². The van der Waals surface area contributed by atoms with E-state index in [1.165, 1.54) is 12.1 Å². The number of carbonyl (C=O) groups is 2. The van der Waals surface area contributed by atoms with Crippen molar-refractivity contribution in [3.05, 3.63) is 81.5 Å². The van der Waals surface area contributed by atoms with Crippen molar-refractivity contribution in [2.75, 3.05) is 5.32 Å². The van der Waals surface area contributed by atoms with Crippen LogP contribution < -0.4 is 15.8 Å². The predicted octanol–water partition coefficient (Wildman–Crippen LogP) is 6.57. The van der Waals surface area contributed by atoms with Gasteiger partial charge in [-0.1, -0.05) is 6.07 Å². The number of aryl methyl sites for hydroxylation is 3. The Morgan fingerprint density at radius 2 is 1.90 bits per heavy atom. The molecule has 0 aliphatic heterocycles. The first-order chi connectivity index (χ1) is 19.6. The van der Waals surface area contributed by atoms with Crippen LogP contribution in [-0.4, -0.2) is 26.6 Å². The zero-order valence-electron chi connectivity index (χ0n) is 22.7. The predicted molar refractivity (Wildman–Crippen MR) is 152 cm³/mol. The average Bonchev–Trinajstić information content (AvgIpc) is 3.66. The number of carbonyl (C=O) groups excluding carboxylic acids is 2. The van der Waals surface area contributed by atoms with Crippen LogP contribution in [0.4, 0.5) is 14.5 Å². The number of rotatable bonds is 9. The van der Waals surface area contributed by atoms with Crippen molar-refractivity contribution < 1.29 is 27.5 Å². The number of hydrogen-bond acceptors (Lipinski definition) is 7. The maximum absolute atomic E-state index is 13.8. The lowest BCUT2D eigenvalue weighted by Crippen LogP contribution is -2.16. The van der Waals surface area contributed by atoms with Crippen LogP contribution in [0, 0.1) is 20.8 Å². The molecule has 1 aromatic carbocycles. The van der Waals surface area contributed by atoms with Crippen molar-refractivity contribution in [1.82, 2.24) is 14.8 Å². The molecule has 0 radical (unpaired) electrons. The Balaban J connectivity index is 1.50. The minimum absolute atomic E-state index is 0.0288. The van der Waals surface area contributed by atoms with Crippen molar-refractivity contribution in [2.24, 2.45) is 5.73 Å². The second-order valence-corrected chi connectivity index (χ2v) is 10.5. The Morgan fingerprint density at radius 1 is 1.12 bits per heavy atom. The van der Waals surface area contributed by atoms with E-state index in [9.17, 15) is 18.4 Å². The van der Waals surface area contributed by atoms with Crippen LogP contribution in [0.1, 0.15) is 61.9 Å². The van der Waals surface area contributed by atoms with Gasteiger partial charge in [-0.25, -0.2) is 13.8 Å². The lowest BCUT2D eigenvalue weighted by molar-refractivity contribution is 0.0992. The SMILES string of the molecule is CCn1ncc(-c2cc(C(F)F)nc3sc(C(N)=O)c(NC(=O)c4ccc(COc5ccc(C)c(C)c5)o4)c23)c1C. The summed E-state index contributed by atoms with van der Waals surface area (Å²) in [6.45, 7) is 8.36. The molecular formula is C29H27F2N5O4S. The summed E-state index contributed by atoms with van der Waals surface area (Å²) in [6, 6.07) is 10.1. The number of nitrogens with two attached hydrogens (primary N) is 1. The van der Waals surface area contributed by atoms with Crippen LogP contribution in [0.3, 0.4) is 0 Å². The van der Waals surface area contributed by atoms with Crippen molar-refractivity contribution in [3.8, 4) is 16.9 Å². The van der Waals surface area contributed by atoms with Gasteiger partial charge in [-0.2, -0.15) is 5.10 Å². The van der Waals surface area contributed by atoms with E-state index in [0.29, 0.717) is 34.6 Å². The van der Waals surface area contributed by atoms with Crippen LogP contribution in [0.2, 0.25) is 0 Å². The Hall–Kier alpha value is -4.58. The molecule has 0 saturated heterocycles. The van der Waals surface area contributed by atoms with Crippen molar-refractivity contribution in [1.29, 1.82) is 0 Å². The normalized spacial score (nSPS) is 11.4.